The average molecular weight is 438 g/mol. The molecule has 6 heteroatoms. The van der Waals surface area contributed by atoms with E-state index in [1.54, 1.807) is 17.8 Å². The van der Waals surface area contributed by atoms with E-state index in [2.05, 4.69) is 12.2 Å². The van der Waals surface area contributed by atoms with Gasteiger partial charge in [-0.3, -0.25) is 14.6 Å². The van der Waals surface area contributed by atoms with Crippen LogP contribution < -0.4 is 5.32 Å². The van der Waals surface area contributed by atoms with Gasteiger partial charge in [0, 0.05) is 19.2 Å². The Bertz CT molecular complexity index is 907. The van der Waals surface area contributed by atoms with E-state index in [9.17, 15) is 9.59 Å². The van der Waals surface area contributed by atoms with Crippen molar-refractivity contribution in [2.45, 2.75) is 56.2 Å². The van der Waals surface area contributed by atoms with Gasteiger partial charge in [0.2, 0.25) is 11.8 Å². The highest BCUT2D eigenvalue weighted by molar-refractivity contribution is 8.16. The van der Waals surface area contributed by atoms with Crippen molar-refractivity contribution in [3.63, 3.8) is 0 Å². The van der Waals surface area contributed by atoms with E-state index < -0.39 is 4.75 Å². The molecule has 0 radical (unpaired) electrons. The maximum atomic E-state index is 12.9. The molecule has 4 aliphatic rings. The first-order valence-electron chi connectivity index (χ1n) is 11.6. The van der Waals surface area contributed by atoms with E-state index in [0.717, 1.165) is 35.4 Å². The summed E-state index contributed by atoms with van der Waals surface area (Å²) >= 11 is 1.63. The summed E-state index contributed by atoms with van der Waals surface area (Å²) in [6.07, 6.45) is 10.4. The molecule has 31 heavy (non-hydrogen) atoms. The number of thioether (sulfide) groups is 1. The molecule has 2 bridgehead atoms. The van der Waals surface area contributed by atoms with Crippen LogP contribution in [0.15, 0.2) is 41.4 Å². The van der Waals surface area contributed by atoms with Crippen LogP contribution in [0.1, 0.15) is 51.0 Å². The number of hydrogen-bond donors (Lipinski definition) is 1. The standard InChI is InChI=1S/C25H31N3O2S/c1-25(23(30)27-24(31-25)26-21-16-18-7-9-19(21)15-18)20-11-13-28(14-12-20)22(29)10-8-17-5-3-2-4-6-17/h2-6,8,10,18-21H,7,9,11-16H2,1H3,(H,26,27,30)/b10-8+/t18-,19+,21+,25?/m1/s1. The summed E-state index contributed by atoms with van der Waals surface area (Å²) < 4.78 is -0.481. The third-order valence-corrected chi connectivity index (χ3v) is 9.11. The zero-order valence-corrected chi connectivity index (χ0v) is 18.9. The molecule has 2 aliphatic carbocycles. The van der Waals surface area contributed by atoms with Crippen LogP contribution in [0.3, 0.4) is 0 Å². The summed E-state index contributed by atoms with van der Waals surface area (Å²) in [5, 5.41) is 3.91. The molecule has 1 aromatic carbocycles. The third-order valence-electron chi connectivity index (χ3n) is 7.77. The van der Waals surface area contributed by atoms with Crippen molar-refractivity contribution in [2.75, 3.05) is 13.1 Å². The summed E-state index contributed by atoms with van der Waals surface area (Å²) in [7, 11) is 0. The van der Waals surface area contributed by atoms with E-state index in [1.165, 1.54) is 25.7 Å². The fourth-order valence-corrected chi connectivity index (χ4v) is 7.11. The van der Waals surface area contributed by atoms with Gasteiger partial charge in [0.05, 0.1) is 6.04 Å². The number of amides is 2. The molecule has 1 N–H and O–H groups in total. The molecule has 164 valence electrons. The van der Waals surface area contributed by atoms with E-state index >= 15 is 0 Å². The summed E-state index contributed by atoms with van der Waals surface area (Å²) in [6, 6.07) is 10.3. The molecular weight excluding hydrogens is 406 g/mol. The Labute approximate surface area is 188 Å². The lowest BCUT2D eigenvalue weighted by molar-refractivity contribution is -0.128. The molecule has 5 nitrogen and oxygen atoms in total. The topological polar surface area (TPSA) is 61.8 Å². The summed E-state index contributed by atoms with van der Waals surface area (Å²) in [4.78, 5) is 32.4. The number of likely N-dealkylation sites (tertiary alicyclic amines) is 1. The second kappa shape index (κ2) is 8.45. The second-order valence-corrected chi connectivity index (χ2v) is 11.1. The number of fused-ring (bicyclic) bond motifs is 2. The van der Waals surface area contributed by atoms with Crippen LogP contribution in [0.25, 0.3) is 6.08 Å². The van der Waals surface area contributed by atoms with Gasteiger partial charge in [0.15, 0.2) is 5.17 Å². The smallest absolute Gasteiger partial charge is 0.246 e. The van der Waals surface area contributed by atoms with E-state index in [1.807, 2.05) is 41.3 Å². The van der Waals surface area contributed by atoms with E-state index in [4.69, 9.17) is 4.99 Å². The van der Waals surface area contributed by atoms with Gasteiger partial charge in [0.25, 0.3) is 0 Å². The Balaban J connectivity index is 1.17. The van der Waals surface area contributed by atoms with Crippen molar-refractivity contribution in [2.24, 2.45) is 22.7 Å². The Hall–Kier alpha value is -2.08. The number of aliphatic imine (C=N–C) groups is 1. The fraction of sp³-hybridized carbons (Fsp3) is 0.560. The molecule has 0 aromatic heterocycles. The molecule has 0 spiro atoms. The highest BCUT2D eigenvalue weighted by Crippen LogP contribution is 2.48. The molecule has 2 amide bonds. The third kappa shape index (κ3) is 4.19. The lowest BCUT2D eigenvalue weighted by atomic mass is 9.84. The lowest BCUT2D eigenvalue weighted by Crippen LogP contribution is -2.47. The van der Waals surface area contributed by atoms with Gasteiger partial charge >= 0.3 is 0 Å². The first-order chi connectivity index (χ1) is 15.0. The van der Waals surface area contributed by atoms with Crippen molar-refractivity contribution in [1.29, 1.82) is 0 Å². The molecule has 1 unspecified atom stereocenters. The summed E-state index contributed by atoms with van der Waals surface area (Å²) in [5.41, 5.74) is 1.03. The SMILES string of the molecule is CC1(C2CCN(C(=O)/C=C/c3ccccc3)CC2)SC(=N[C@H]2C[C@@H]3CC[C@H]2C3)NC1=O. The minimum atomic E-state index is -0.481. The second-order valence-electron chi connectivity index (χ2n) is 9.68. The molecule has 4 fully saturated rings. The predicted octanol–water partition coefficient (Wildman–Crippen LogP) is 4.10. The number of carbonyl (C=O) groups excluding carboxylic acids is 2. The first-order valence-corrected chi connectivity index (χ1v) is 12.4. The number of nitrogens with one attached hydrogen (secondary N) is 1. The molecule has 4 atom stereocenters. The van der Waals surface area contributed by atoms with E-state index in [0.29, 0.717) is 19.1 Å². The fourth-order valence-electron chi connectivity index (χ4n) is 5.83. The van der Waals surface area contributed by atoms with Gasteiger partial charge in [-0.15, -0.1) is 0 Å². The average Bonchev–Trinajstić information content (AvgIpc) is 3.48. The van der Waals surface area contributed by atoms with Gasteiger partial charge in [0.1, 0.15) is 4.75 Å². The van der Waals surface area contributed by atoms with Crippen molar-refractivity contribution in [3.05, 3.63) is 42.0 Å². The first kappa shape index (κ1) is 20.8. The number of benzene rings is 1. The summed E-state index contributed by atoms with van der Waals surface area (Å²) in [6.45, 7) is 3.46. The van der Waals surface area contributed by atoms with Gasteiger partial charge in [-0.25, -0.2) is 0 Å². The number of nitrogens with zero attached hydrogens (tertiary/aromatic N) is 2. The minimum Gasteiger partial charge on any atom is -0.339 e. The largest absolute Gasteiger partial charge is 0.339 e. The highest BCUT2D eigenvalue weighted by atomic mass is 32.2. The quantitative estimate of drug-likeness (QED) is 0.722. The number of rotatable bonds is 4. The molecule has 2 saturated carbocycles. The maximum absolute atomic E-state index is 12.9. The van der Waals surface area contributed by atoms with Gasteiger partial charge < -0.3 is 10.2 Å². The lowest BCUT2D eigenvalue weighted by Gasteiger charge is -2.37. The Morgan fingerprint density at radius 3 is 2.61 bits per heavy atom. The van der Waals surface area contributed by atoms with Crippen LogP contribution in [0.5, 0.6) is 0 Å². The Morgan fingerprint density at radius 2 is 1.94 bits per heavy atom. The summed E-state index contributed by atoms with van der Waals surface area (Å²) in [5.74, 6) is 1.97. The van der Waals surface area contributed by atoms with Gasteiger partial charge in [-0.05, 0) is 68.4 Å². The number of amidine groups is 1. The molecule has 2 heterocycles. The maximum Gasteiger partial charge on any atom is 0.246 e. The number of piperidine rings is 1. The zero-order chi connectivity index (χ0) is 21.4. The van der Waals surface area contributed by atoms with Crippen LogP contribution in [0, 0.1) is 17.8 Å². The van der Waals surface area contributed by atoms with Crippen LogP contribution in [0.4, 0.5) is 0 Å². The molecular formula is C25H31N3O2S. The monoisotopic (exact) mass is 437 g/mol. The van der Waals surface area contributed by atoms with Crippen molar-refractivity contribution >= 4 is 34.8 Å². The van der Waals surface area contributed by atoms with Gasteiger partial charge in [-0.1, -0.05) is 48.5 Å². The van der Waals surface area contributed by atoms with Crippen LogP contribution in [0.2, 0.25) is 0 Å². The Kier molecular flexibility index (Phi) is 5.67. The highest BCUT2D eigenvalue weighted by Gasteiger charge is 2.50. The minimum absolute atomic E-state index is 0.0505. The molecule has 5 rings (SSSR count). The van der Waals surface area contributed by atoms with Crippen LogP contribution in [-0.4, -0.2) is 45.8 Å². The molecule has 2 aliphatic heterocycles. The van der Waals surface area contributed by atoms with Crippen molar-refractivity contribution < 1.29 is 9.59 Å². The van der Waals surface area contributed by atoms with Gasteiger partial charge in [-0.2, -0.15) is 0 Å². The van der Waals surface area contributed by atoms with E-state index in [-0.39, 0.29) is 17.7 Å². The molecule has 2 saturated heterocycles. The predicted molar refractivity (Wildman–Crippen MR) is 126 cm³/mol. The van der Waals surface area contributed by atoms with Crippen LogP contribution >= 0.6 is 11.8 Å². The normalized spacial score (nSPS) is 34.7. The Morgan fingerprint density at radius 1 is 1.16 bits per heavy atom. The number of carbonyl (C=O) groups is 2. The van der Waals surface area contributed by atoms with Crippen molar-refractivity contribution in [1.82, 2.24) is 10.2 Å². The zero-order valence-electron chi connectivity index (χ0n) is 18.1. The molecule has 1 aromatic rings. The number of hydrogen-bond acceptors (Lipinski definition) is 4. The van der Waals surface area contributed by atoms with Crippen LogP contribution in [-0.2, 0) is 9.59 Å². The van der Waals surface area contributed by atoms with Crippen molar-refractivity contribution in [3.8, 4) is 0 Å².